The molecular weight excluding hydrogens is 216 g/mol. The lowest BCUT2D eigenvalue weighted by Gasteiger charge is -2.13. The van der Waals surface area contributed by atoms with Crippen molar-refractivity contribution in [2.75, 3.05) is 13.3 Å². The van der Waals surface area contributed by atoms with Gasteiger partial charge in [-0.2, -0.15) is 0 Å². The maximum atomic E-state index is 5.88. The average molecular weight is 236 g/mol. The van der Waals surface area contributed by atoms with Crippen LogP contribution in [0.2, 0.25) is 6.04 Å². The SMILES string of the molecule is C=Cc1ccc(CO[SiH](CC)COC)cc1. The highest BCUT2D eigenvalue weighted by Crippen LogP contribution is 2.08. The molecule has 1 aromatic carbocycles. The Morgan fingerprint density at radius 1 is 1.31 bits per heavy atom. The van der Waals surface area contributed by atoms with Crippen LogP contribution in [0.3, 0.4) is 0 Å². The van der Waals surface area contributed by atoms with Crippen molar-refractivity contribution < 1.29 is 9.16 Å². The van der Waals surface area contributed by atoms with Gasteiger partial charge in [-0.15, -0.1) is 0 Å². The van der Waals surface area contributed by atoms with E-state index >= 15 is 0 Å². The highest BCUT2D eigenvalue weighted by atomic mass is 28.3. The lowest BCUT2D eigenvalue weighted by Crippen LogP contribution is -2.23. The van der Waals surface area contributed by atoms with Crippen molar-refractivity contribution in [3.05, 3.63) is 42.0 Å². The number of benzene rings is 1. The molecule has 3 heteroatoms. The van der Waals surface area contributed by atoms with Gasteiger partial charge in [-0.25, -0.2) is 0 Å². The summed E-state index contributed by atoms with van der Waals surface area (Å²) in [5.41, 5.74) is 2.36. The van der Waals surface area contributed by atoms with Crippen molar-refractivity contribution in [3.63, 3.8) is 0 Å². The zero-order valence-corrected chi connectivity index (χ0v) is 11.3. The molecule has 1 aromatic rings. The molecule has 0 aromatic heterocycles. The fraction of sp³-hybridized carbons (Fsp3) is 0.385. The second kappa shape index (κ2) is 7.38. The molecule has 0 fully saturated rings. The molecule has 0 spiro atoms. The number of ether oxygens (including phenoxy) is 1. The van der Waals surface area contributed by atoms with E-state index < -0.39 is 9.04 Å². The largest absolute Gasteiger partial charge is 0.413 e. The molecule has 1 atom stereocenters. The topological polar surface area (TPSA) is 18.5 Å². The van der Waals surface area contributed by atoms with Crippen molar-refractivity contribution in [1.82, 2.24) is 0 Å². The van der Waals surface area contributed by atoms with E-state index in [4.69, 9.17) is 9.16 Å². The third-order valence-corrected chi connectivity index (χ3v) is 4.76. The normalized spacial score (nSPS) is 12.4. The molecule has 0 aliphatic heterocycles. The average Bonchev–Trinajstić information content (AvgIpc) is 2.35. The molecule has 0 aliphatic rings. The molecule has 0 heterocycles. The van der Waals surface area contributed by atoms with E-state index in [2.05, 4.69) is 37.8 Å². The maximum Gasteiger partial charge on any atom is 0.202 e. The van der Waals surface area contributed by atoms with Crippen LogP contribution in [0.25, 0.3) is 6.08 Å². The predicted octanol–water partition coefficient (Wildman–Crippen LogP) is 2.78. The van der Waals surface area contributed by atoms with Gasteiger partial charge in [0.25, 0.3) is 0 Å². The maximum absolute atomic E-state index is 5.88. The molecule has 0 radical (unpaired) electrons. The molecule has 88 valence electrons. The van der Waals surface area contributed by atoms with Crippen LogP contribution in [0.1, 0.15) is 18.1 Å². The zero-order chi connectivity index (χ0) is 11.8. The molecule has 16 heavy (non-hydrogen) atoms. The lowest BCUT2D eigenvalue weighted by atomic mass is 10.1. The molecule has 0 saturated carbocycles. The molecule has 0 N–H and O–H groups in total. The van der Waals surface area contributed by atoms with Crippen LogP contribution in [-0.4, -0.2) is 22.4 Å². The molecule has 1 unspecified atom stereocenters. The van der Waals surface area contributed by atoms with Crippen LogP contribution in [0, 0.1) is 0 Å². The number of hydrogen-bond donors (Lipinski definition) is 0. The highest BCUT2D eigenvalue weighted by Gasteiger charge is 2.08. The Balaban J connectivity index is 2.43. The molecule has 1 rings (SSSR count). The first-order chi connectivity index (χ1) is 7.80. The second-order valence-corrected chi connectivity index (χ2v) is 6.47. The minimum atomic E-state index is -1.14. The van der Waals surface area contributed by atoms with E-state index in [0.29, 0.717) is 6.61 Å². The van der Waals surface area contributed by atoms with Crippen LogP contribution in [0.15, 0.2) is 30.8 Å². The summed E-state index contributed by atoms with van der Waals surface area (Å²) in [5, 5.41) is 0. The van der Waals surface area contributed by atoms with Gasteiger partial charge in [-0.1, -0.05) is 43.8 Å². The van der Waals surface area contributed by atoms with Gasteiger partial charge >= 0.3 is 0 Å². The van der Waals surface area contributed by atoms with Gasteiger partial charge in [0, 0.05) is 7.11 Å². The summed E-state index contributed by atoms with van der Waals surface area (Å²) in [7, 11) is 0.589. The standard InChI is InChI=1S/C13H20O2Si/c1-4-12-6-8-13(9-7-12)10-15-16(5-2)11-14-3/h4,6-9,16H,1,5,10-11H2,2-3H3. The first-order valence-corrected chi connectivity index (χ1v) is 7.72. The van der Waals surface area contributed by atoms with E-state index in [1.54, 1.807) is 7.11 Å². The molecule has 0 bridgehead atoms. The molecular formula is C13H20O2Si. The summed E-state index contributed by atoms with van der Waals surface area (Å²) in [6, 6.07) is 9.41. The van der Waals surface area contributed by atoms with Gasteiger partial charge in [-0.05, 0) is 17.2 Å². The van der Waals surface area contributed by atoms with Crippen molar-refractivity contribution in [1.29, 1.82) is 0 Å². The Morgan fingerprint density at radius 2 is 2.00 bits per heavy atom. The van der Waals surface area contributed by atoms with Crippen LogP contribution >= 0.6 is 0 Å². The van der Waals surface area contributed by atoms with Crippen LogP contribution < -0.4 is 0 Å². The monoisotopic (exact) mass is 236 g/mol. The third-order valence-electron chi connectivity index (χ3n) is 2.51. The van der Waals surface area contributed by atoms with E-state index in [9.17, 15) is 0 Å². The van der Waals surface area contributed by atoms with Gasteiger partial charge in [0.15, 0.2) is 0 Å². The summed E-state index contributed by atoms with van der Waals surface area (Å²) in [4.78, 5) is 0. The Kier molecular flexibility index (Phi) is 6.07. The van der Waals surface area contributed by atoms with Crippen LogP contribution in [0.4, 0.5) is 0 Å². The fourth-order valence-corrected chi connectivity index (χ4v) is 2.80. The van der Waals surface area contributed by atoms with Crippen molar-refractivity contribution >= 4 is 15.1 Å². The number of rotatable bonds is 7. The van der Waals surface area contributed by atoms with E-state index in [1.807, 2.05) is 6.08 Å². The molecule has 2 nitrogen and oxygen atoms in total. The summed E-state index contributed by atoms with van der Waals surface area (Å²) in [6.07, 6.45) is 2.64. The van der Waals surface area contributed by atoms with E-state index in [-0.39, 0.29) is 0 Å². The summed E-state index contributed by atoms with van der Waals surface area (Å²) < 4.78 is 11.0. The Labute approximate surface area is 99.6 Å². The summed E-state index contributed by atoms with van der Waals surface area (Å²) in [5.74, 6) is 0. The minimum Gasteiger partial charge on any atom is -0.413 e. The van der Waals surface area contributed by atoms with Crippen LogP contribution in [-0.2, 0) is 15.8 Å². The minimum absolute atomic E-state index is 0.700. The quantitative estimate of drug-likeness (QED) is 0.678. The fourth-order valence-electron chi connectivity index (χ4n) is 1.43. The van der Waals surface area contributed by atoms with Gasteiger partial charge in [0.1, 0.15) is 0 Å². The Morgan fingerprint density at radius 3 is 2.50 bits per heavy atom. The number of hydrogen-bond acceptors (Lipinski definition) is 2. The van der Waals surface area contributed by atoms with Crippen molar-refractivity contribution in [3.8, 4) is 0 Å². The second-order valence-electron chi connectivity index (χ2n) is 3.74. The first kappa shape index (κ1) is 13.2. The van der Waals surface area contributed by atoms with Gasteiger partial charge < -0.3 is 9.16 Å². The molecule has 0 aliphatic carbocycles. The molecule has 0 saturated heterocycles. The van der Waals surface area contributed by atoms with Gasteiger partial charge in [0.2, 0.25) is 9.04 Å². The Bertz CT molecular complexity index is 308. The smallest absolute Gasteiger partial charge is 0.202 e. The van der Waals surface area contributed by atoms with E-state index in [1.165, 1.54) is 5.56 Å². The lowest BCUT2D eigenvalue weighted by molar-refractivity contribution is 0.213. The van der Waals surface area contributed by atoms with Crippen molar-refractivity contribution in [2.24, 2.45) is 0 Å². The first-order valence-electron chi connectivity index (χ1n) is 5.62. The highest BCUT2D eigenvalue weighted by molar-refractivity contribution is 6.51. The van der Waals surface area contributed by atoms with Gasteiger partial charge in [-0.3, -0.25) is 0 Å². The summed E-state index contributed by atoms with van der Waals surface area (Å²) in [6.45, 7) is 6.59. The van der Waals surface area contributed by atoms with E-state index in [0.717, 1.165) is 17.8 Å². The zero-order valence-electron chi connectivity index (χ0n) is 10.1. The number of methoxy groups -OCH3 is 1. The summed E-state index contributed by atoms with van der Waals surface area (Å²) >= 11 is 0. The van der Waals surface area contributed by atoms with Crippen LogP contribution in [0.5, 0.6) is 0 Å². The predicted molar refractivity (Wildman–Crippen MR) is 70.8 cm³/mol. The van der Waals surface area contributed by atoms with Crippen molar-refractivity contribution in [2.45, 2.75) is 19.6 Å². The molecule has 0 amide bonds. The third kappa shape index (κ3) is 4.31. The van der Waals surface area contributed by atoms with Gasteiger partial charge in [0.05, 0.1) is 12.8 Å². The Hall–Kier alpha value is -0.903.